The molecule has 0 aliphatic carbocycles. The fourth-order valence-electron chi connectivity index (χ4n) is 1.61. The normalized spacial score (nSPS) is 13.9. The molecule has 3 N–H and O–H groups in total. The standard InChI is InChI=1S/C12H19ClN2/c1-12(2,14)8-11(15-3)9-4-6-10(13)7-5-9/h4-7,11,15H,8,14H2,1-3H3. The van der Waals surface area contributed by atoms with Gasteiger partial charge < -0.3 is 11.1 Å². The second-order valence-corrected chi connectivity index (χ2v) is 5.02. The first-order valence-corrected chi connectivity index (χ1v) is 5.52. The Morgan fingerprint density at radius 1 is 1.33 bits per heavy atom. The molecule has 1 aromatic carbocycles. The number of benzene rings is 1. The number of halogens is 1. The van der Waals surface area contributed by atoms with Gasteiger partial charge >= 0.3 is 0 Å². The molecule has 84 valence electrons. The third kappa shape index (κ3) is 4.20. The van der Waals surface area contributed by atoms with E-state index in [0.717, 1.165) is 11.4 Å². The SMILES string of the molecule is CNC(CC(C)(C)N)c1ccc(Cl)cc1. The Kier molecular flexibility index (Phi) is 4.14. The van der Waals surface area contributed by atoms with Gasteiger partial charge in [-0.25, -0.2) is 0 Å². The van der Waals surface area contributed by atoms with E-state index in [9.17, 15) is 0 Å². The molecule has 1 aromatic rings. The molecule has 0 aliphatic rings. The van der Waals surface area contributed by atoms with Crippen LogP contribution in [-0.2, 0) is 0 Å². The lowest BCUT2D eigenvalue weighted by molar-refractivity contribution is 0.396. The Balaban J connectivity index is 2.79. The van der Waals surface area contributed by atoms with Crippen molar-refractivity contribution in [3.63, 3.8) is 0 Å². The average Bonchev–Trinajstić information content (AvgIpc) is 2.14. The summed E-state index contributed by atoms with van der Waals surface area (Å²) in [6, 6.07) is 8.17. The third-order valence-electron chi connectivity index (χ3n) is 2.35. The lowest BCUT2D eigenvalue weighted by Gasteiger charge is -2.26. The van der Waals surface area contributed by atoms with E-state index >= 15 is 0 Å². The molecule has 0 radical (unpaired) electrons. The van der Waals surface area contributed by atoms with Crippen LogP contribution in [0.1, 0.15) is 31.9 Å². The van der Waals surface area contributed by atoms with E-state index in [1.165, 1.54) is 5.56 Å². The molecule has 0 saturated heterocycles. The monoisotopic (exact) mass is 226 g/mol. The molecule has 1 atom stereocenters. The first-order chi connectivity index (χ1) is 6.92. The summed E-state index contributed by atoms with van der Waals surface area (Å²) in [6.45, 7) is 4.07. The van der Waals surface area contributed by atoms with Gasteiger partial charge in [0.15, 0.2) is 0 Å². The molecule has 2 nitrogen and oxygen atoms in total. The van der Waals surface area contributed by atoms with E-state index in [4.69, 9.17) is 17.3 Å². The van der Waals surface area contributed by atoms with E-state index < -0.39 is 0 Å². The van der Waals surface area contributed by atoms with Gasteiger partial charge in [0.05, 0.1) is 0 Å². The lowest BCUT2D eigenvalue weighted by Crippen LogP contribution is -2.36. The van der Waals surface area contributed by atoms with Crippen LogP contribution in [-0.4, -0.2) is 12.6 Å². The fourth-order valence-corrected chi connectivity index (χ4v) is 1.73. The number of rotatable bonds is 4. The molecule has 15 heavy (non-hydrogen) atoms. The Morgan fingerprint density at radius 2 is 1.87 bits per heavy atom. The Morgan fingerprint density at radius 3 is 2.27 bits per heavy atom. The fraction of sp³-hybridized carbons (Fsp3) is 0.500. The largest absolute Gasteiger partial charge is 0.325 e. The summed E-state index contributed by atoms with van der Waals surface area (Å²) in [6.07, 6.45) is 0.894. The van der Waals surface area contributed by atoms with E-state index in [1.54, 1.807) is 0 Å². The number of nitrogens with two attached hydrogens (primary N) is 1. The Labute approximate surface area is 96.8 Å². The number of hydrogen-bond acceptors (Lipinski definition) is 2. The molecular formula is C12H19ClN2. The summed E-state index contributed by atoms with van der Waals surface area (Å²) >= 11 is 5.85. The van der Waals surface area contributed by atoms with Crippen molar-refractivity contribution in [1.29, 1.82) is 0 Å². The maximum Gasteiger partial charge on any atom is 0.0406 e. The van der Waals surface area contributed by atoms with Crippen molar-refractivity contribution in [3.05, 3.63) is 34.9 Å². The van der Waals surface area contributed by atoms with Gasteiger partial charge in [0.25, 0.3) is 0 Å². The van der Waals surface area contributed by atoms with Crippen molar-refractivity contribution in [2.75, 3.05) is 7.05 Å². The minimum absolute atomic E-state index is 0.173. The second kappa shape index (κ2) is 4.97. The summed E-state index contributed by atoms with van der Waals surface area (Å²) in [5.41, 5.74) is 7.06. The zero-order valence-corrected chi connectivity index (χ0v) is 10.3. The van der Waals surface area contributed by atoms with Crippen molar-refractivity contribution in [2.45, 2.75) is 31.8 Å². The van der Waals surface area contributed by atoms with Gasteiger partial charge in [0, 0.05) is 16.6 Å². The van der Waals surface area contributed by atoms with Gasteiger partial charge in [-0.2, -0.15) is 0 Å². The van der Waals surface area contributed by atoms with E-state index in [2.05, 4.69) is 5.32 Å². The van der Waals surface area contributed by atoms with Crippen molar-refractivity contribution >= 4 is 11.6 Å². The molecule has 0 spiro atoms. The van der Waals surface area contributed by atoms with E-state index in [1.807, 2.05) is 45.2 Å². The zero-order chi connectivity index (χ0) is 11.5. The molecule has 3 heteroatoms. The predicted molar refractivity (Wildman–Crippen MR) is 66.1 cm³/mol. The second-order valence-electron chi connectivity index (χ2n) is 4.59. The first kappa shape index (κ1) is 12.5. The molecule has 0 aliphatic heterocycles. The quantitative estimate of drug-likeness (QED) is 0.829. The van der Waals surface area contributed by atoms with Crippen LogP contribution in [0.15, 0.2) is 24.3 Å². The Hall–Kier alpha value is -0.570. The molecule has 0 saturated carbocycles. The maximum atomic E-state index is 6.01. The number of nitrogens with one attached hydrogen (secondary N) is 1. The summed E-state index contributed by atoms with van der Waals surface area (Å²) in [4.78, 5) is 0. The summed E-state index contributed by atoms with van der Waals surface area (Å²) in [7, 11) is 1.95. The van der Waals surface area contributed by atoms with Gasteiger partial charge in [-0.15, -0.1) is 0 Å². The Bertz CT molecular complexity index is 300. The van der Waals surface area contributed by atoms with Crippen LogP contribution in [0.2, 0.25) is 5.02 Å². The highest BCUT2D eigenvalue weighted by atomic mass is 35.5. The molecule has 0 amide bonds. The van der Waals surface area contributed by atoms with Crippen LogP contribution >= 0.6 is 11.6 Å². The van der Waals surface area contributed by atoms with Crippen molar-refractivity contribution in [1.82, 2.24) is 5.32 Å². The van der Waals surface area contributed by atoms with Gasteiger partial charge in [-0.3, -0.25) is 0 Å². The molecule has 0 fully saturated rings. The molecular weight excluding hydrogens is 208 g/mol. The smallest absolute Gasteiger partial charge is 0.0406 e. The van der Waals surface area contributed by atoms with Gasteiger partial charge in [0.2, 0.25) is 0 Å². The summed E-state index contributed by atoms with van der Waals surface area (Å²) in [5, 5.41) is 4.04. The minimum Gasteiger partial charge on any atom is -0.325 e. The maximum absolute atomic E-state index is 6.01. The molecule has 0 heterocycles. The van der Waals surface area contributed by atoms with E-state index in [-0.39, 0.29) is 11.6 Å². The van der Waals surface area contributed by atoms with Crippen LogP contribution in [0.25, 0.3) is 0 Å². The van der Waals surface area contributed by atoms with Crippen LogP contribution < -0.4 is 11.1 Å². The van der Waals surface area contributed by atoms with Crippen LogP contribution in [0.3, 0.4) is 0 Å². The topological polar surface area (TPSA) is 38.0 Å². The molecule has 0 aromatic heterocycles. The first-order valence-electron chi connectivity index (χ1n) is 5.14. The molecule has 1 rings (SSSR count). The highest BCUT2D eigenvalue weighted by Gasteiger charge is 2.18. The van der Waals surface area contributed by atoms with Crippen LogP contribution in [0.4, 0.5) is 0 Å². The molecule has 1 unspecified atom stereocenters. The number of hydrogen-bond donors (Lipinski definition) is 2. The van der Waals surface area contributed by atoms with Gasteiger partial charge in [-0.05, 0) is 45.0 Å². The van der Waals surface area contributed by atoms with Crippen molar-refractivity contribution in [2.24, 2.45) is 5.73 Å². The zero-order valence-electron chi connectivity index (χ0n) is 9.55. The summed E-state index contributed by atoms with van der Waals surface area (Å²) in [5.74, 6) is 0. The highest BCUT2D eigenvalue weighted by Crippen LogP contribution is 2.23. The van der Waals surface area contributed by atoms with Gasteiger partial charge in [-0.1, -0.05) is 23.7 Å². The van der Waals surface area contributed by atoms with Crippen molar-refractivity contribution in [3.8, 4) is 0 Å². The van der Waals surface area contributed by atoms with Gasteiger partial charge in [0.1, 0.15) is 0 Å². The van der Waals surface area contributed by atoms with Crippen LogP contribution in [0.5, 0.6) is 0 Å². The minimum atomic E-state index is -0.173. The average molecular weight is 227 g/mol. The lowest BCUT2D eigenvalue weighted by atomic mass is 9.92. The van der Waals surface area contributed by atoms with Crippen LogP contribution in [0, 0.1) is 0 Å². The van der Waals surface area contributed by atoms with E-state index in [0.29, 0.717) is 0 Å². The predicted octanol–water partition coefficient (Wildman–Crippen LogP) is 2.73. The highest BCUT2D eigenvalue weighted by molar-refractivity contribution is 6.30. The summed E-state index contributed by atoms with van der Waals surface area (Å²) < 4.78 is 0. The third-order valence-corrected chi connectivity index (χ3v) is 2.60. The van der Waals surface area contributed by atoms with Crippen molar-refractivity contribution < 1.29 is 0 Å². The molecule has 0 bridgehead atoms.